The van der Waals surface area contributed by atoms with E-state index in [0.717, 1.165) is 11.1 Å². The lowest BCUT2D eigenvalue weighted by atomic mass is 10.1. The minimum absolute atomic E-state index is 0.108. The van der Waals surface area contributed by atoms with Crippen LogP contribution in [-0.2, 0) is 6.61 Å². The molecule has 0 saturated heterocycles. The Hall–Kier alpha value is -2.20. The standard InChI is InChI=1S/C17H21NO3/c1-12(18)14-9-15(19-2)17(20-3)16(10-14)21-11-13-7-5-4-6-8-13/h4-10,12H,11,18H2,1-3H3. The highest BCUT2D eigenvalue weighted by Gasteiger charge is 2.15. The molecular formula is C17H21NO3. The molecule has 0 aliphatic rings. The molecule has 0 aliphatic heterocycles. The van der Waals surface area contributed by atoms with Crippen molar-refractivity contribution in [3.63, 3.8) is 0 Å². The lowest BCUT2D eigenvalue weighted by Crippen LogP contribution is -2.07. The number of ether oxygens (including phenoxy) is 3. The number of rotatable bonds is 6. The summed E-state index contributed by atoms with van der Waals surface area (Å²) in [6, 6.07) is 13.6. The summed E-state index contributed by atoms with van der Waals surface area (Å²) < 4.78 is 16.6. The molecule has 2 aromatic rings. The summed E-state index contributed by atoms with van der Waals surface area (Å²) in [5.41, 5.74) is 7.98. The van der Waals surface area contributed by atoms with Crippen LogP contribution in [0, 0.1) is 0 Å². The molecule has 0 fully saturated rings. The average Bonchev–Trinajstić information content (AvgIpc) is 2.52. The minimum atomic E-state index is -0.108. The molecule has 2 aromatic carbocycles. The number of benzene rings is 2. The summed E-state index contributed by atoms with van der Waals surface area (Å²) in [5.74, 6) is 1.83. The van der Waals surface area contributed by atoms with Gasteiger partial charge in [0, 0.05) is 6.04 Å². The first-order valence-electron chi connectivity index (χ1n) is 6.84. The molecule has 0 radical (unpaired) electrons. The normalized spacial score (nSPS) is 11.8. The Labute approximate surface area is 125 Å². The van der Waals surface area contributed by atoms with E-state index in [2.05, 4.69) is 0 Å². The van der Waals surface area contributed by atoms with Gasteiger partial charge >= 0.3 is 0 Å². The van der Waals surface area contributed by atoms with Gasteiger partial charge in [0.05, 0.1) is 14.2 Å². The van der Waals surface area contributed by atoms with Gasteiger partial charge in [-0.15, -0.1) is 0 Å². The second-order valence-electron chi connectivity index (χ2n) is 4.82. The molecule has 1 atom stereocenters. The van der Waals surface area contributed by atoms with Crippen LogP contribution in [0.25, 0.3) is 0 Å². The van der Waals surface area contributed by atoms with Gasteiger partial charge in [0.1, 0.15) is 6.61 Å². The van der Waals surface area contributed by atoms with Crippen LogP contribution < -0.4 is 19.9 Å². The average molecular weight is 287 g/mol. The van der Waals surface area contributed by atoms with Crippen LogP contribution in [-0.4, -0.2) is 14.2 Å². The van der Waals surface area contributed by atoms with E-state index in [4.69, 9.17) is 19.9 Å². The van der Waals surface area contributed by atoms with Gasteiger partial charge in [0.2, 0.25) is 5.75 Å². The molecule has 2 rings (SSSR count). The third-order valence-electron chi connectivity index (χ3n) is 3.23. The Morgan fingerprint density at radius 1 is 1.00 bits per heavy atom. The van der Waals surface area contributed by atoms with E-state index in [0.29, 0.717) is 23.9 Å². The Morgan fingerprint density at radius 3 is 2.24 bits per heavy atom. The van der Waals surface area contributed by atoms with Crippen molar-refractivity contribution in [3.05, 3.63) is 53.6 Å². The summed E-state index contributed by atoms with van der Waals surface area (Å²) in [6.45, 7) is 2.38. The third-order valence-corrected chi connectivity index (χ3v) is 3.23. The minimum Gasteiger partial charge on any atom is -0.493 e. The highest BCUT2D eigenvalue weighted by atomic mass is 16.5. The first-order valence-corrected chi connectivity index (χ1v) is 6.84. The molecule has 21 heavy (non-hydrogen) atoms. The Balaban J connectivity index is 2.29. The molecule has 0 amide bonds. The molecule has 1 unspecified atom stereocenters. The SMILES string of the molecule is COc1cc(C(C)N)cc(OCc2ccccc2)c1OC. The van der Waals surface area contributed by atoms with Gasteiger partial charge in [0.25, 0.3) is 0 Å². The fraction of sp³-hybridized carbons (Fsp3) is 0.294. The molecule has 0 bridgehead atoms. The maximum atomic E-state index is 5.95. The molecule has 0 saturated carbocycles. The van der Waals surface area contributed by atoms with Gasteiger partial charge in [-0.3, -0.25) is 0 Å². The quantitative estimate of drug-likeness (QED) is 0.885. The fourth-order valence-electron chi connectivity index (χ4n) is 2.06. The van der Waals surface area contributed by atoms with Gasteiger partial charge in [-0.2, -0.15) is 0 Å². The molecule has 0 spiro atoms. The summed E-state index contributed by atoms with van der Waals surface area (Å²) in [6.07, 6.45) is 0. The highest BCUT2D eigenvalue weighted by molar-refractivity contribution is 5.54. The zero-order valence-electron chi connectivity index (χ0n) is 12.6. The van der Waals surface area contributed by atoms with Crippen LogP contribution in [0.4, 0.5) is 0 Å². The number of methoxy groups -OCH3 is 2. The van der Waals surface area contributed by atoms with Crippen molar-refractivity contribution >= 4 is 0 Å². The van der Waals surface area contributed by atoms with E-state index >= 15 is 0 Å². The molecule has 2 N–H and O–H groups in total. The van der Waals surface area contributed by atoms with Crippen molar-refractivity contribution in [3.8, 4) is 17.2 Å². The van der Waals surface area contributed by atoms with Crippen LogP contribution in [0.15, 0.2) is 42.5 Å². The monoisotopic (exact) mass is 287 g/mol. The maximum absolute atomic E-state index is 5.95. The fourth-order valence-corrected chi connectivity index (χ4v) is 2.06. The van der Waals surface area contributed by atoms with Crippen LogP contribution in [0.1, 0.15) is 24.1 Å². The number of hydrogen-bond acceptors (Lipinski definition) is 4. The molecule has 4 nitrogen and oxygen atoms in total. The first-order chi connectivity index (χ1) is 10.2. The topological polar surface area (TPSA) is 53.7 Å². The maximum Gasteiger partial charge on any atom is 0.203 e. The predicted octanol–water partition coefficient (Wildman–Crippen LogP) is 3.30. The van der Waals surface area contributed by atoms with Crippen molar-refractivity contribution in [2.24, 2.45) is 5.73 Å². The number of hydrogen-bond donors (Lipinski definition) is 1. The van der Waals surface area contributed by atoms with E-state index in [-0.39, 0.29) is 6.04 Å². The van der Waals surface area contributed by atoms with Crippen LogP contribution in [0.2, 0.25) is 0 Å². The predicted molar refractivity (Wildman–Crippen MR) is 82.9 cm³/mol. The third kappa shape index (κ3) is 3.67. The molecule has 4 heteroatoms. The van der Waals surface area contributed by atoms with E-state index in [1.165, 1.54) is 0 Å². The van der Waals surface area contributed by atoms with Crippen LogP contribution >= 0.6 is 0 Å². The van der Waals surface area contributed by atoms with Crippen molar-refractivity contribution in [1.82, 2.24) is 0 Å². The molecule has 0 aromatic heterocycles. The van der Waals surface area contributed by atoms with Crippen molar-refractivity contribution in [2.75, 3.05) is 14.2 Å². The molecule has 112 valence electrons. The van der Waals surface area contributed by atoms with Crippen molar-refractivity contribution < 1.29 is 14.2 Å². The summed E-state index contributed by atoms with van der Waals surface area (Å²) in [5, 5.41) is 0. The van der Waals surface area contributed by atoms with E-state index in [9.17, 15) is 0 Å². The Kier molecular flexibility index (Phi) is 5.06. The van der Waals surface area contributed by atoms with Gasteiger partial charge in [-0.05, 0) is 30.2 Å². The zero-order valence-corrected chi connectivity index (χ0v) is 12.6. The molecule has 0 aliphatic carbocycles. The van der Waals surface area contributed by atoms with Gasteiger partial charge in [-0.1, -0.05) is 30.3 Å². The van der Waals surface area contributed by atoms with Gasteiger partial charge < -0.3 is 19.9 Å². The first kappa shape index (κ1) is 15.2. The van der Waals surface area contributed by atoms with E-state index < -0.39 is 0 Å². The lowest BCUT2D eigenvalue weighted by Gasteiger charge is -2.17. The Bertz CT molecular complexity index is 582. The Morgan fingerprint density at radius 2 is 1.67 bits per heavy atom. The van der Waals surface area contributed by atoms with E-state index in [1.54, 1.807) is 14.2 Å². The van der Waals surface area contributed by atoms with E-state index in [1.807, 2.05) is 49.4 Å². The summed E-state index contributed by atoms with van der Waals surface area (Å²) in [4.78, 5) is 0. The van der Waals surface area contributed by atoms with Crippen LogP contribution in [0.5, 0.6) is 17.2 Å². The van der Waals surface area contributed by atoms with Gasteiger partial charge in [-0.25, -0.2) is 0 Å². The molecule has 0 heterocycles. The van der Waals surface area contributed by atoms with Crippen molar-refractivity contribution in [2.45, 2.75) is 19.6 Å². The summed E-state index contributed by atoms with van der Waals surface area (Å²) >= 11 is 0. The van der Waals surface area contributed by atoms with Crippen LogP contribution in [0.3, 0.4) is 0 Å². The number of nitrogens with two attached hydrogens (primary N) is 1. The zero-order chi connectivity index (χ0) is 15.2. The van der Waals surface area contributed by atoms with Gasteiger partial charge in [0.15, 0.2) is 11.5 Å². The summed E-state index contributed by atoms with van der Waals surface area (Å²) in [7, 11) is 3.20. The largest absolute Gasteiger partial charge is 0.493 e. The molecular weight excluding hydrogens is 266 g/mol. The second-order valence-corrected chi connectivity index (χ2v) is 4.82. The highest BCUT2D eigenvalue weighted by Crippen LogP contribution is 2.39. The lowest BCUT2D eigenvalue weighted by molar-refractivity contribution is 0.275. The smallest absolute Gasteiger partial charge is 0.203 e. The van der Waals surface area contributed by atoms with Crippen molar-refractivity contribution in [1.29, 1.82) is 0 Å². The second kappa shape index (κ2) is 6.99.